The molecule has 5 rings (SSSR count). The first-order valence-corrected chi connectivity index (χ1v) is 11.0. The second-order valence-electron chi connectivity index (χ2n) is 8.11. The molecule has 160 valence electrons. The molecule has 1 unspecified atom stereocenters. The van der Waals surface area contributed by atoms with Crippen LogP contribution in [0.5, 0.6) is 0 Å². The summed E-state index contributed by atoms with van der Waals surface area (Å²) in [5.41, 5.74) is 3.93. The first kappa shape index (κ1) is 20.8. The van der Waals surface area contributed by atoms with Gasteiger partial charge in [-0.25, -0.2) is 0 Å². The Balaban J connectivity index is 1.75. The van der Waals surface area contributed by atoms with E-state index in [-0.39, 0.29) is 23.6 Å². The number of carbonyl (C=O) groups excluding carboxylic acids is 1. The van der Waals surface area contributed by atoms with Crippen molar-refractivity contribution in [3.63, 3.8) is 0 Å². The molecule has 0 spiro atoms. The maximum atomic E-state index is 13.6. The van der Waals surface area contributed by atoms with E-state index in [2.05, 4.69) is 0 Å². The van der Waals surface area contributed by atoms with Crippen molar-refractivity contribution in [3.05, 3.63) is 115 Å². The second kappa shape index (κ2) is 7.80. The Hall–Kier alpha value is -3.08. The number of hydrogen-bond donors (Lipinski definition) is 0. The summed E-state index contributed by atoms with van der Waals surface area (Å²) in [6.45, 7) is 4.07. The number of carbonyl (C=O) groups is 1. The molecule has 0 saturated carbocycles. The van der Waals surface area contributed by atoms with Crippen LogP contribution >= 0.6 is 23.2 Å². The SMILES string of the molecule is Cc1ccc(C2c3c(oc4cc(C)c(Cl)cc4c3=O)C(=O)N2Cc2ccccc2Cl)cc1. The third kappa shape index (κ3) is 3.31. The Morgan fingerprint density at radius 3 is 2.38 bits per heavy atom. The van der Waals surface area contributed by atoms with Crippen molar-refractivity contribution < 1.29 is 9.21 Å². The van der Waals surface area contributed by atoms with Crippen molar-refractivity contribution in [2.45, 2.75) is 26.4 Å². The molecule has 2 heterocycles. The highest BCUT2D eigenvalue weighted by atomic mass is 35.5. The first-order chi connectivity index (χ1) is 15.3. The summed E-state index contributed by atoms with van der Waals surface area (Å²) in [6.07, 6.45) is 0. The monoisotopic (exact) mass is 463 g/mol. The molecule has 1 aliphatic rings. The lowest BCUT2D eigenvalue weighted by Crippen LogP contribution is -2.29. The molecule has 32 heavy (non-hydrogen) atoms. The van der Waals surface area contributed by atoms with E-state index >= 15 is 0 Å². The van der Waals surface area contributed by atoms with Crippen LogP contribution in [0.4, 0.5) is 0 Å². The molecule has 6 heteroatoms. The minimum atomic E-state index is -0.588. The summed E-state index contributed by atoms with van der Waals surface area (Å²) in [6, 6.07) is 17.9. The second-order valence-corrected chi connectivity index (χ2v) is 8.92. The van der Waals surface area contributed by atoms with Gasteiger partial charge >= 0.3 is 0 Å². The van der Waals surface area contributed by atoms with Crippen LogP contribution in [0.2, 0.25) is 10.0 Å². The van der Waals surface area contributed by atoms with Crippen LogP contribution in [-0.4, -0.2) is 10.8 Å². The molecule has 0 aliphatic carbocycles. The van der Waals surface area contributed by atoms with Gasteiger partial charge in [0.25, 0.3) is 5.91 Å². The zero-order valence-electron chi connectivity index (χ0n) is 17.5. The third-order valence-electron chi connectivity index (χ3n) is 5.94. The van der Waals surface area contributed by atoms with Crippen LogP contribution in [-0.2, 0) is 6.54 Å². The van der Waals surface area contributed by atoms with Gasteiger partial charge in [-0.3, -0.25) is 9.59 Å². The smallest absolute Gasteiger partial charge is 0.291 e. The number of hydrogen-bond acceptors (Lipinski definition) is 3. The Bertz CT molecular complexity index is 1440. The van der Waals surface area contributed by atoms with Gasteiger partial charge in [-0.15, -0.1) is 0 Å². The van der Waals surface area contributed by atoms with Gasteiger partial charge in [0.1, 0.15) is 5.58 Å². The van der Waals surface area contributed by atoms with Gasteiger partial charge in [0, 0.05) is 16.6 Å². The molecule has 4 aromatic rings. The zero-order valence-corrected chi connectivity index (χ0v) is 19.0. The Labute approximate surface area is 195 Å². The first-order valence-electron chi connectivity index (χ1n) is 10.2. The predicted octanol–water partition coefficient (Wildman–Crippen LogP) is 6.46. The molecule has 4 nitrogen and oxygen atoms in total. The number of benzene rings is 3. The summed E-state index contributed by atoms with van der Waals surface area (Å²) in [4.78, 5) is 28.8. The third-order valence-corrected chi connectivity index (χ3v) is 6.71. The van der Waals surface area contributed by atoms with E-state index in [9.17, 15) is 9.59 Å². The van der Waals surface area contributed by atoms with Gasteiger partial charge < -0.3 is 9.32 Å². The fraction of sp³-hybridized carbons (Fsp3) is 0.154. The lowest BCUT2D eigenvalue weighted by atomic mass is 9.97. The summed E-state index contributed by atoms with van der Waals surface area (Å²) in [5.74, 6) is -0.265. The molecule has 0 radical (unpaired) electrons. The lowest BCUT2D eigenvalue weighted by Gasteiger charge is -2.25. The summed E-state index contributed by atoms with van der Waals surface area (Å²) >= 11 is 12.7. The van der Waals surface area contributed by atoms with E-state index in [1.54, 1.807) is 23.1 Å². The quantitative estimate of drug-likeness (QED) is 0.350. The molecule has 1 aliphatic heterocycles. The Morgan fingerprint density at radius 1 is 0.938 bits per heavy atom. The van der Waals surface area contributed by atoms with Crippen molar-refractivity contribution >= 4 is 40.1 Å². The van der Waals surface area contributed by atoms with Crippen LogP contribution in [0.25, 0.3) is 11.0 Å². The number of aryl methyl sites for hydroxylation is 2. The van der Waals surface area contributed by atoms with Gasteiger partial charge in [-0.1, -0.05) is 71.2 Å². The largest absolute Gasteiger partial charge is 0.450 e. The molecule has 0 fully saturated rings. The minimum Gasteiger partial charge on any atom is -0.450 e. The molecule has 1 aromatic heterocycles. The normalized spacial score (nSPS) is 15.4. The zero-order chi connectivity index (χ0) is 22.6. The molecular formula is C26H19Cl2NO3. The van der Waals surface area contributed by atoms with Crippen LogP contribution < -0.4 is 5.43 Å². The summed E-state index contributed by atoms with van der Waals surface area (Å²) in [7, 11) is 0. The highest BCUT2D eigenvalue weighted by Gasteiger charge is 2.42. The maximum absolute atomic E-state index is 13.6. The lowest BCUT2D eigenvalue weighted by molar-refractivity contribution is 0.0714. The summed E-state index contributed by atoms with van der Waals surface area (Å²) in [5, 5.41) is 1.41. The van der Waals surface area contributed by atoms with E-state index in [1.165, 1.54) is 0 Å². The van der Waals surface area contributed by atoms with E-state index in [0.29, 0.717) is 26.6 Å². The average Bonchev–Trinajstić information content (AvgIpc) is 3.04. The fourth-order valence-corrected chi connectivity index (χ4v) is 4.57. The minimum absolute atomic E-state index is 0.0712. The average molecular weight is 464 g/mol. The number of rotatable bonds is 3. The Morgan fingerprint density at radius 2 is 1.66 bits per heavy atom. The van der Waals surface area contributed by atoms with Crippen LogP contribution in [0.1, 0.15) is 44.4 Å². The molecule has 1 amide bonds. The van der Waals surface area contributed by atoms with Crippen LogP contribution in [0, 0.1) is 13.8 Å². The van der Waals surface area contributed by atoms with Crippen LogP contribution in [0.3, 0.4) is 0 Å². The van der Waals surface area contributed by atoms with Gasteiger partial charge in [0.15, 0.2) is 5.43 Å². The topological polar surface area (TPSA) is 50.5 Å². The number of halogens is 2. The molecule has 0 bridgehead atoms. The standard InChI is InChI=1S/C26H19Cl2NO3/c1-14-7-9-16(10-8-14)23-22-24(30)18-12-20(28)15(2)11-21(18)32-25(22)26(31)29(23)13-17-5-3-4-6-19(17)27/h3-12,23H,13H2,1-2H3. The van der Waals surface area contributed by atoms with Gasteiger partial charge in [-0.05, 0) is 48.7 Å². The molecule has 0 N–H and O–H groups in total. The van der Waals surface area contributed by atoms with Gasteiger partial charge in [-0.2, -0.15) is 0 Å². The van der Waals surface area contributed by atoms with Gasteiger partial charge in [0.05, 0.1) is 17.0 Å². The van der Waals surface area contributed by atoms with E-state index in [4.69, 9.17) is 27.6 Å². The number of fused-ring (bicyclic) bond motifs is 2. The van der Waals surface area contributed by atoms with Crippen molar-refractivity contribution in [2.75, 3.05) is 0 Å². The predicted molar refractivity (Wildman–Crippen MR) is 127 cm³/mol. The molecule has 3 aromatic carbocycles. The van der Waals surface area contributed by atoms with Crippen LogP contribution in [0.15, 0.2) is 69.9 Å². The molecule has 1 atom stereocenters. The van der Waals surface area contributed by atoms with E-state index in [0.717, 1.165) is 22.3 Å². The number of amides is 1. The van der Waals surface area contributed by atoms with Crippen molar-refractivity contribution in [1.82, 2.24) is 4.90 Å². The summed E-state index contributed by atoms with van der Waals surface area (Å²) < 4.78 is 6.02. The highest BCUT2D eigenvalue weighted by Crippen LogP contribution is 2.40. The van der Waals surface area contributed by atoms with Gasteiger partial charge in [0.2, 0.25) is 5.76 Å². The number of nitrogens with zero attached hydrogens (tertiary/aromatic N) is 1. The fourth-order valence-electron chi connectivity index (χ4n) is 4.21. The van der Waals surface area contributed by atoms with E-state index in [1.807, 2.05) is 56.3 Å². The van der Waals surface area contributed by atoms with Crippen molar-refractivity contribution in [1.29, 1.82) is 0 Å². The Kier molecular flexibility index (Phi) is 5.07. The van der Waals surface area contributed by atoms with E-state index < -0.39 is 6.04 Å². The highest BCUT2D eigenvalue weighted by molar-refractivity contribution is 6.32. The maximum Gasteiger partial charge on any atom is 0.291 e. The van der Waals surface area contributed by atoms with Crippen molar-refractivity contribution in [3.8, 4) is 0 Å². The molecular weight excluding hydrogens is 445 g/mol. The van der Waals surface area contributed by atoms with Crippen molar-refractivity contribution in [2.24, 2.45) is 0 Å². The molecule has 0 saturated heterocycles.